The molecular formula is C27H50N2O. The highest BCUT2D eigenvalue weighted by Crippen LogP contribution is 2.39. The first kappa shape index (κ1) is 24.1. The predicted octanol–water partition coefficient (Wildman–Crippen LogP) is 6.75. The maximum atomic E-state index is 13.1. The van der Waals surface area contributed by atoms with Crippen molar-refractivity contribution in [2.45, 2.75) is 142 Å². The fourth-order valence-corrected chi connectivity index (χ4v) is 6.77. The second kappa shape index (κ2) is 11.3. The minimum absolute atomic E-state index is 0.233. The fraction of sp³-hybridized carbons (Fsp3) is 0.963. The average molecular weight is 419 g/mol. The van der Waals surface area contributed by atoms with Gasteiger partial charge in [0.05, 0.1) is 0 Å². The number of hydrogen-bond donors (Lipinski definition) is 2. The van der Waals surface area contributed by atoms with E-state index in [2.05, 4.69) is 31.4 Å². The Balaban J connectivity index is 1.50. The van der Waals surface area contributed by atoms with Crippen molar-refractivity contribution in [3.8, 4) is 0 Å². The highest BCUT2D eigenvalue weighted by atomic mass is 16.1. The minimum atomic E-state index is 0.233. The topological polar surface area (TPSA) is 41.1 Å². The summed E-state index contributed by atoms with van der Waals surface area (Å²) in [5.41, 5.74) is 0.663. The highest BCUT2D eigenvalue weighted by Gasteiger charge is 2.40. The SMILES string of the molecule is CC(C)(C)CC1CCC(NC(=O)CC2CCCNC23CCCCCCCCC3)CC1. The van der Waals surface area contributed by atoms with Crippen LogP contribution in [-0.2, 0) is 4.79 Å². The van der Waals surface area contributed by atoms with E-state index in [0.29, 0.717) is 23.3 Å². The van der Waals surface area contributed by atoms with Crippen LogP contribution in [0.2, 0.25) is 0 Å². The van der Waals surface area contributed by atoms with E-state index in [1.54, 1.807) is 0 Å². The lowest BCUT2D eigenvalue weighted by Crippen LogP contribution is -2.56. The number of piperidine rings is 1. The molecule has 1 amide bonds. The summed E-state index contributed by atoms with van der Waals surface area (Å²) in [7, 11) is 0. The van der Waals surface area contributed by atoms with Gasteiger partial charge in [-0.3, -0.25) is 4.79 Å². The largest absolute Gasteiger partial charge is 0.353 e. The Morgan fingerprint density at radius 2 is 1.47 bits per heavy atom. The molecule has 3 aliphatic rings. The van der Waals surface area contributed by atoms with Crippen molar-refractivity contribution in [2.24, 2.45) is 17.3 Å². The molecule has 174 valence electrons. The zero-order chi connectivity index (χ0) is 21.5. The summed E-state index contributed by atoms with van der Waals surface area (Å²) >= 11 is 0. The maximum Gasteiger partial charge on any atom is 0.220 e. The van der Waals surface area contributed by atoms with Gasteiger partial charge in [-0.2, -0.15) is 0 Å². The molecule has 0 aromatic heterocycles. The molecule has 0 aromatic carbocycles. The summed E-state index contributed by atoms with van der Waals surface area (Å²) < 4.78 is 0. The molecule has 1 heterocycles. The molecule has 3 fully saturated rings. The Hall–Kier alpha value is -0.570. The zero-order valence-corrected chi connectivity index (χ0v) is 20.4. The molecule has 3 heteroatoms. The molecule has 30 heavy (non-hydrogen) atoms. The van der Waals surface area contributed by atoms with Crippen molar-refractivity contribution in [1.82, 2.24) is 10.6 Å². The molecule has 0 bridgehead atoms. The van der Waals surface area contributed by atoms with Crippen molar-refractivity contribution in [3.63, 3.8) is 0 Å². The molecule has 0 radical (unpaired) electrons. The summed E-state index contributed by atoms with van der Waals surface area (Å²) in [6.45, 7) is 8.21. The lowest BCUT2D eigenvalue weighted by Gasteiger charge is -2.46. The van der Waals surface area contributed by atoms with E-state index < -0.39 is 0 Å². The Morgan fingerprint density at radius 1 is 0.867 bits per heavy atom. The zero-order valence-electron chi connectivity index (χ0n) is 20.4. The quantitative estimate of drug-likeness (QED) is 0.530. The molecular weight excluding hydrogens is 368 g/mol. The van der Waals surface area contributed by atoms with Crippen molar-refractivity contribution >= 4 is 5.91 Å². The second-order valence-corrected chi connectivity index (χ2v) is 12.2. The Kier molecular flexibility index (Phi) is 9.10. The first-order valence-electron chi connectivity index (χ1n) is 13.4. The average Bonchev–Trinajstić information content (AvgIpc) is 2.69. The third-order valence-electron chi connectivity index (χ3n) is 8.28. The third-order valence-corrected chi connectivity index (χ3v) is 8.28. The van der Waals surface area contributed by atoms with Gasteiger partial charge in [0.15, 0.2) is 0 Å². The van der Waals surface area contributed by atoms with E-state index in [9.17, 15) is 4.79 Å². The van der Waals surface area contributed by atoms with E-state index in [1.165, 1.54) is 103 Å². The van der Waals surface area contributed by atoms with E-state index in [4.69, 9.17) is 0 Å². The van der Waals surface area contributed by atoms with Crippen LogP contribution in [0.5, 0.6) is 0 Å². The fourth-order valence-electron chi connectivity index (χ4n) is 6.77. The van der Waals surface area contributed by atoms with Crippen LogP contribution in [0.15, 0.2) is 0 Å². The highest BCUT2D eigenvalue weighted by molar-refractivity contribution is 5.76. The normalized spacial score (nSPS) is 31.2. The molecule has 1 saturated heterocycles. The molecule has 1 unspecified atom stereocenters. The molecule has 1 spiro atoms. The van der Waals surface area contributed by atoms with Gasteiger partial charge in [0.1, 0.15) is 0 Å². The van der Waals surface area contributed by atoms with E-state index >= 15 is 0 Å². The van der Waals surface area contributed by atoms with Crippen LogP contribution in [-0.4, -0.2) is 24.0 Å². The van der Waals surface area contributed by atoms with Crippen LogP contribution in [0.1, 0.15) is 130 Å². The number of amides is 1. The summed E-state index contributed by atoms with van der Waals surface area (Å²) in [5.74, 6) is 1.72. The standard InChI is InChI=1S/C27H50N2O/c1-26(2,3)21-22-13-15-24(16-14-22)29-25(30)20-23-12-11-19-28-27(23)17-9-7-5-4-6-8-10-18-27/h22-24,28H,4-21H2,1-3H3,(H,29,30). The van der Waals surface area contributed by atoms with Gasteiger partial charge < -0.3 is 10.6 Å². The monoisotopic (exact) mass is 418 g/mol. The first-order chi connectivity index (χ1) is 14.4. The number of hydrogen-bond acceptors (Lipinski definition) is 2. The number of carbonyl (C=O) groups excluding carboxylic acids is 1. The van der Waals surface area contributed by atoms with Gasteiger partial charge >= 0.3 is 0 Å². The Labute approximate surface area is 186 Å². The summed E-state index contributed by atoms with van der Waals surface area (Å²) in [6, 6.07) is 0.422. The van der Waals surface area contributed by atoms with Gasteiger partial charge in [0, 0.05) is 18.0 Å². The van der Waals surface area contributed by atoms with Crippen LogP contribution in [0.4, 0.5) is 0 Å². The molecule has 3 rings (SSSR count). The van der Waals surface area contributed by atoms with Crippen molar-refractivity contribution in [3.05, 3.63) is 0 Å². The minimum Gasteiger partial charge on any atom is -0.353 e. The molecule has 1 atom stereocenters. The lowest BCUT2D eigenvalue weighted by molar-refractivity contribution is -0.124. The van der Waals surface area contributed by atoms with E-state index in [1.807, 2.05) is 0 Å². The van der Waals surface area contributed by atoms with Gasteiger partial charge in [-0.05, 0) is 81.6 Å². The van der Waals surface area contributed by atoms with Gasteiger partial charge in [-0.1, -0.05) is 65.7 Å². The second-order valence-electron chi connectivity index (χ2n) is 12.2. The molecule has 2 aliphatic carbocycles. The van der Waals surface area contributed by atoms with Crippen LogP contribution >= 0.6 is 0 Å². The van der Waals surface area contributed by atoms with Crippen molar-refractivity contribution in [2.75, 3.05) is 6.54 Å². The predicted molar refractivity (Wildman–Crippen MR) is 128 cm³/mol. The molecule has 0 aromatic rings. The summed E-state index contributed by atoms with van der Waals surface area (Å²) in [5, 5.41) is 7.41. The van der Waals surface area contributed by atoms with Gasteiger partial charge in [-0.15, -0.1) is 0 Å². The number of carbonyl (C=O) groups is 1. The number of nitrogens with one attached hydrogen (secondary N) is 2. The lowest BCUT2D eigenvalue weighted by atomic mass is 9.70. The smallest absolute Gasteiger partial charge is 0.220 e. The first-order valence-corrected chi connectivity index (χ1v) is 13.4. The third kappa shape index (κ3) is 7.53. The number of rotatable bonds is 4. The van der Waals surface area contributed by atoms with E-state index in [-0.39, 0.29) is 5.54 Å². The van der Waals surface area contributed by atoms with Crippen LogP contribution in [0, 0.1) is 17.3 Å². The maximum absolute atomic E-state index is 13.1. The van der Waals surface area contributed by atoms with Crippen LogP contribution in [0.3, 0.4) is 0 Å². The Bertz CT molecular complexity index is 505. The molecule has 1 aliphatic heterocycles. The summed E-state index contributed by atoms with van der Waals surface area (Å²) in [4.78, 5) is 13.1. The summed E-state index contributed by atoms with van der Waals surface area (Å²) in [6.07, 6.45) is 21.7. The van der Waals surface area contributed by atoms with Gasteiger partial charge in [0.25, 0.3) is 0 Å². The van der Waals surface area contributed by atoms with E-state index in [0.717, 1.165) is 18.9 Å². The van der Waals surface area contributed by atoms with Crippen LogP contribution in [0.25, 0.3) is 0 Å². The van der Waals surface area contributed by atoms with Crippen LogP contribution < -0.4 is 10.6 Å². The molecule has 2 saturated carbocycles. The molecule has 3 nitrogen and oxygen atoms in total. The molecule has 2 N–H and O–H groups in total. The van der Waals surface area contributed by atoms with Gasteiger partial charge in [0.2, 0.25) is 5.91 Å². The van der Waals surface area contributed by atoms with Gasteiger partial charge in [-0.25, -0.2) is 0 Å². The van der Waals surface area contributed by atoms with Crippen molar-refractivity contribution < 1.29 is 4.79 Å². The van der Waals surface area contributed by atoms with Crippen molar-refractivity contribution in [1.29, 1.82) is 0 Å². The Morgan fingerprint density at radius 3 is 2.07 bits per heavy atom.